The Bertz CT molecular complexity index is 1760. The van der Waals surface area contributed by atoms with E-state index in [0.29, 0.717) is 10.7 Å². The van der Waals surface area contributed by atoms with E-state index < -0.39 is 15.9 Å². The van der Waals surface area contributed by atoms with Crippen molar-refractivity contribution in [3.8, 4) is 0 Å². The van der Waals surface area contributed by atoms with Gasteiger partial charge in [0.15, 0.2) is 0 Å². The fourth-order valence-electron chi connectivity index (χ4n) is 4.24. The summed E-state index contributed by atoms with van der Waals surface area (Å²) in [7, 11) is -4.04. The predicted molar refractivity (Wildman–Crippen MR) is 167 cm³/mol. The summed E-state index contributed by atoms with van der Waals surface area (Å²) in [6.07, 6.45) is 0. The summed E-state index contributed by atoms with van der Waals surface area (Å²) in [4.78, 5) is 15.8. The average molecular weight is 599 g/mol. The summed E-state index contributed by atoms with van der Waals surface area (Å²) in [5, 5.41) is 3.56. The monoisotopic (exact) mass is 598 g/mol. The van der Waals surface area contributed by atoms with Crippen LogP contribution in [0.25, 0.3) is 0 Å². The highest BCUT2D eigenvalue weighted by atomic mass is 35.5. The number of amides is 1. The average Bonchev–Trinajstić information content (AvgIpc) is 2.98. The van der Waals surface area contributed by atoms with Crippen molar-refractivity contribution in [3.05, 3.63) is 149 Å². The van der Waals surface area contributed by atoms with Gasteiger partial charge in [-0.15, -0.1) is 0 Å². The van der Waals surface area contributed by atoms with E-state index in [0.717, 1.165) is 20.9 Å². The van der Waals surface area contributed by atoms with Crippen molar-refractivity contribution in [1.82, 2.24) is 0 Å². The van der Waals surface area contributed by atoms with E-state index in [1.54, 1.807) is 72.8 Å². The topological polar surface area (TPSA) is 66.5 Å². The highest BCUT2D eigenvalue weighted by molar-refractivity contribution is 7.99. The molecule has 0 heterocycles. The molecule has 0 saturated carbocycles. The lowest BCUT2D eigenvalue weighted by atomic mass is 10.1. The molecule has 1 N–H and O–H groups in total. The van der Waals surface area contributed by atoms with Gasteiger partial charge in [0.25, 0.3) is 15.9 Å². The summed E-state index contributed by atoms with van der Waals surface area (Å²) in [6.45, 7) is 1.91. The normalized spacial score (nSPS) is 11.2. The standard InChI is InChI=1S/C33H27ClN2O3S2/c1-24-15-21-28(22-16-24)41(38,39)36(23-25-17-19-26(34)20-18-25)31-13-7-5-11-29(31)33(37)35-30-12-6-8-14-32(30)40-27-9-3-2-4-10-27/h2-22H,23H2,1H3,(H,35,37). The smallest absolute Gasteiger partial charge is 0.264 e. The van der Waals surface area contributed by atoms with Crippen molar-refractivity contribution in [1.29, 1.82) is 0 Å². The summed E-state index contributed by atoms with van der Waals surface area (Å²) in [6, 6.07) is 37.8. The molecule has 0 unspecified atom stereocenters. The van der Waals surface area contributed by atoms with E-state index in [4.69, 9.17) is 11.6 Å². The van der Waals surface area contributed by atoms with E-state index >= 15 is 0 Å². The number of halogens is 1. The Hall–Kier alpha value is -4.04. The molecule has 206 valence electrons. The fourth-order valence-corrected chi connectivity index (χ4v) is 6.76. The number of carbonyl (C=O) groups is 1. The molecular formula is C33H27ClN2O3S2. The molecule has 5 rings (SSSR count). The van der Waals surface area contributed by atoms with Crippen molar-refractivity contribution in [2.45, 2.75) is 28.2 Å². The van der Waals surface area contributed by atoms with Crippen LogP contribution in [0.2, 0.25) is 5.02 Å². The Kier molecular flexibility index (Phi) is 8.78. The molecule has 5 aromatic rings. The number of carbonyl (C=O) groups excluding carboxylic acids is 1. The first-order valence-electron chi connectivity index (χ1n) is 12.9. The van der Waals surface area contributed by atoms with Crippen LogP contribution in [0, 0.1) is 6.92 Å². The molecule has 0 aliphatic heterocycles. The first-order chi connectivity index (χ1) is 19.8. The summed E-state index contributed by atoms with van der Waals surface area (Å²) in [5.74, 6) is -0.415. The van der Waals surface area contributed by atoms with Crippen LogP contribution in [-0.4, -0.2) is 14.3 Å². The largest absolute Gasteiger partial charge is 0.321 e. The Morgan fingerprint density at radius 2 is 1.41 bits per heavy atom. The molecular weight excluding hydrogens is 572 g/mol. The second-order valence-corrected chi connectivity index (χ2v) is 12.7. The van der Waals surface area contributed by atoms with Crippen molar-refractivity contribution in [2.24, 2.45) is 0 Å². The number of anilines is 2. The number of hydrogen-bond acceptors (Lipinski definition) is 4. The SMILES string of the molecule is Cc1ccc(S(=O)(=O)N(Cc2ccc(Cl)cc2)c2ccccc2C(=O)Nc2ccccc2Sc2ccccc2)cc1. The minimum Gasteiger partial charge on any atom is -0.321 e. The number of hydrogen-bond donors (Lipinski definition) is 1. The zero-order chi connectivity index (χ0) is 28.8. The molecule has 0 radical (unpaired) electrons. The minimum absolute atomic E-state index is 0.0120. The first-order valence-corrected chi connectivity index (χ1v) is 15.5. The highest BCUT2D eigenvalue weighted by Gasteiger charge is 2.29. The van der Waals surface area contributed by atoms with Crippen molar-refractivity contribution in [3.63, 3.8) is 0 Å². The van der Waals surface area contributed by atoms with E-state index in [2.05, 4.69) is 5.32 Å². The molecule has 1 amide bonds. The summed E-state index contributed by atoms with van der Waals surface area (Å²) in [5.41, 5.74) is 2.81. The molecule has 0 saturated heterocycles. The van der Waals surface area contributed by atoms with Gasteiger partial charge in [0.2, 0.25) is 0 Å². The Balaban J connectivity index is 1.53. The lowest BCUT2D eigenvalue weighted by molar-refractivity contribution is 0.102. The van der Waals surface area contributed by atoms with Crippen LogP contribution < -0.4 is 9.62 Å². The Labute approximate surface area is 249 Å². The van der Waals surface area contributed by atoms with Gasteiger partial charge in [-0.2, -0.15) is 0 Å². The first kappa shape index (κ1) is 28.5. The molecule has 0 aliphatic rings. The van der Waals surface area contributed by atoms with E-state index in [-0.39, 0.29) is 22.7 Å². The maximum absolute atomic E-state index is 14.1. The molecule has 5 aromatic carbocycles. The van der Waals surface area contributed by atoms with Crippen LogP contribution >= 0.6 is 23.4 Å². The molecule has 0 aliphatic carbocycles. The summed E-state index contributed by atoms with van der Waals surface area (Å²) >= 11 is 7.62. The molecule has 8 heteroatoms. The lowest BCUT2D eigenvalue weighted by Crippen LogP contribution is -2.32. The van der Waals surface area contributed by atoms with Crippen LogP contribution in [-0.2, 0) is 16.6 Å². The number of nitrogens with zero attached hydrogens (tertiary/aromatic N) is 1. The number of rotatable bonds is 9. The van der Waals surface area contributed by atoms with Crippen LogP contribution in [0.15, 0.2) is 142 Å². The number of nitrogens with one attached hydrogen (secondary N) is 1. The number of sulfonamides is 1. The predicted octanol–water partition coefficient (Wildman–Crippen LogP) is 8.45. The molecule has 0 spiro atoms. The number of benzene rings is 5. The van der Waals surface area contributed by atoms with Gasteiger partial charge in [0, 0.05) is 14.8 Å². The van der Waals surface area contributed by atoms with Gasteiger partial charge < -0.3 is 5.32 Å². The third kappa shape index (κ3) is 6.82. The van der Waals surface area contributed by atoms with E-state index in [1.807, 2.05) is 61.5 Å². The Morgan fingerprint density at radius 3 is 2.15 bits per heavy atom. The van der Waals surface area contributed by atoms with Crippen molar-refractivity contribution in [2.75, 3.05) is 9.62 Å². The Morgan fingerprint density at radius 1 is 0.780 bits per heavy atom. The van der Waals surface area contributed by atoms with Crippen LogP contribution in [0.1, 0.15) is 21.5 Å². The molecule has 0 bridgehead atoms. The zero-order valence-corrected chi connectivity index (χ0v) is 24.6. The number of aryl methyl sites for hydroxylation is 1. The summed E-state index contributed by atoms with van der Waals surface area (Å²) < 4.78 is 29.4. The third-order valence-electron chi connectivity index (χ3n) is 6.37. The molecule has 0 fully saturated rings. The highest BCUT2D eigenvalue weighted by Crippen LogP contribution is 2.35. The molecule has 0 atom stereocenters. The van der Waals surface area contributed by atoms with Crippen molar-refractivity contribution >= 4 is 50.7 Å². The van der Waals surface area contributed by atoms with Crippen molar-refractivity contribution < 1.29 is 13.2 Å². The second-order valence-electron chi connectivity index (χ2n) is 9.33. The van der Waals surface area contributed by atoms with Gasteiger partial charge in [-0.05, 0) is 73.2 Å². The van der Waals surface area contributed by atoms with E-state index in [9.17, 15) is 13.2 Å². The van der Waals surface area contributed by atoms with Crippen LogP contribution in [0.5, 0.6) is 0 Å². The minimum atomic E-state index is -4.04. The maximum atomic E-state index is 14.1. The van der Waals surface area contributed by atoms with E-state index in [1.165, 1.54) is 16.1 Å². The molecule has 41 heavy (non-hydrogen) atoms. The van der Waals surface area contributed by atoms with Gasteiger partial charge in [0.1, 0.15) is 0 Å². The van der Waals surface area contributed by atoms with Crippen LogP contribution in [0.4, 0.5) is 11.4 Å². The molecule has 5 nitrogen and oxygen atoms in total. The molecule has 0 aromatic heterocycles. The number of para-hydroxylation sites is 2. The van der Waals surface area contributed by atoms with Gasteiger partial charge in [-0.1, -0.05) is 95.7 Å². The van der Waals surface area contributed by atoms with Crippen LogP contribution in [0.3, 0.4) is 0 Å². The zero-order valence-electron chi connectivity index (χ0n) is 22.2. The second kappa shape index (κ2) is 12.6. The van der Waals surface area contributed by atoms with Gasteiger partial charge in [0.05, 0.1) is 28.4 Å². The van der Waals surface area contributed by atoms with Gasteiger partial charge in [-0.25, -0.2) is 8.42 Å². The maximum Gasteiger partial charge on any atom is 0.264 e. The fraction of sp³-hybridized carbons (Fsp3) is 0.0606. The van der Waals surface area contributed by atoms with Gasteiger partial charge in [-0.3, -0.25) is 9.10 Å². The quantitative estimate of drug-likeness (QED) is 0.185. The lowest BCUT2D eigenvalue weighted by Gasteiger charge is -2.27. The third-order valence-corrected chi connectivity index (χ3v) is 9.48. The van der Waals surface area contributed by atoms with Gasteiger partial charge >= 0.3 is 0 Å².